The van der Waals surface area contributed by atoms with Gasteiger partial charge in [-0.1, -0.05) is 36.8 Å². The molecule has 0 bridgehead atoms. The maximum absolute atomic E-state index is 12.3. The van der Waals surface area contributed by atoms with Gasteiger partial charge in [0.25, 0.3) is 11.8 Å². The van der Waals surface area contributed by atoms with Crippen LogP contribution in [-0.4, -0.2) is 46.2 Å². The van der Waals surface area contributed by atoms with E-state index >= 15 is 0 Å². The molecule has 0 saturated heterocycles. The first-order valence-electron chi connectivity index (χ1n) is 8.31. The Labute approximate surface area is 154 Å². The Hall–Kier alpha value is -2.81. The minimum atomic E-state index is -0.568. The standard InChI is InChI=1S/C17H18N4O4S/c1-2-3-10-25-17(24)18-16-20-19-13(26-16)8-9-21-14(22)11-6-4-5-7-12(11)15(21)23/h4-7H,2-3,8-10H2,1H3,(H,18,20,24). The van der Waals surface area contributed by atoms with E-state index < -0.39 is 6.09 Å². The average Bonchev–Trinajstić information content (AvgIpc) is 3.17. The first-order valence-corrected chi connectivity index (χ1v) is 9.13. The van der Waals surface area contributed by atoms with Crippen LogP contribution in [0.25, 0.3) is 0 Å². The predicted octanol–water partition coefficient (Wildman–Crippen LogP) is 2.73. The highest BCUT2D eigenvalue weighted by Crippen LogP contribution is 2.23. The Morgan fingerprint density at radius 2 is 1.88 bits per heavy atom. The van der Waals surface area contributed by atoms with E-state index in [0.717, 1.165) is 12.8 Å². The van der Waals surface area contributed by atoms with Crippen LogP contribution in [0.1, 0.15) is 45.5 Å². The predicted molar refractivity (Wildman–Crippen MR) is 95.3 cm³/mol. The highest BCUT2D eigenvalue weighted by atomic mass is 32.1. The molecule has 0 spiro atoms. The molecule has 0 aliphatic carbocycles. The maximum Gasteiger partial charge on any atom is 0.413 e. The smallest absolute Gasteiger partial charge is 0.413 e. The molecular weight excluding hydrogens is 356 g/mol. The van der Waals surface area contributed by atoms with Gasteiger partial charge in [-0.3, -0.25) is 19.8 Å². The monoisotopic (exact) mass is 374 g/mol. The number of benzene rings is 1. The van der Waals surface area contributed by atoms with E-state index in [-0.39, 0.29) is 18.4 Å². The fourth-order valence-electron chi connectivity index (χ4n) is 2.49. The van der Waals surface area contributed by atoms with Crippen LogP contribution in [-0.2, 0) is 11.2 Å². The summed E-state index contributed by atoms with van der Waals surface area (Å²) < 4.78 is 4.99. The number of amides is 3. The lowest BCUT2D eigenvalue weighted by Gasteiger charge is -2.12. The lowest BCUT2D eigenvalue weighted by atomic mass is 10.1. The van der Waals surface area contributed by atoms with Gasteiger partial charge in [0.05, 0.1) is 17.7 Å². The summed E-state index contributed by atoms with van der Waals surface area (Å²) >= 11 is 1.19. The van der Waals surface area contributed by atoms with Crippen molar-refractivity contribution in [2.24, 2.45) is 0 Å². The van der Waals surface area contributed by atoms with E-state index in [1.165, 1.54) is 16.2 Å². The van der Waals surface area contributed by atoms with E-state index in [9.17, 15) is 14.4 Å². The molecule has 3 rings (SSSR count). The van der Waals surface area contributed by atoms with Gasteiger partial charge < -0.3 is 4.74 Å². The van der Waals surface area contributed by atoms with Gasteiger partial charge in [-0.2, -0.15) is 0 Å². The number of aromatic nitrogens is 2. The van der Waals surface area contributed by atoms with Gasteiger partial charge in [0.2, 0.25) is 5.13 Å². The summed E-state index contributed by atoms with van der Waals surface area (Å²) in [6.45, 7) is 2.57. The first-order chi connectivity index (χ1) is 12.6. The van der Waals surface area contributed by atoms with Crippen molar-refractivity contribution in [3.05, 3.63) is 40.4 Å². The number of nitrogens with one attached hydrogen (secondary N) is 1. The molecule has 1 aromatic heterocycles. The first kappa shape index (κ1) is 18.0. The highest BCUT2D eigenvalue weighted by molar-refractivity contribution is 7.15. The van der Waals surface area contributed by atoms with E-state index in [1.54, 1.807) is 24.3 Å². The van der Waals surface area contributed by atoms with Crippen LogP contribution >= 0.6 is 11.3 Å². The minimum Gasteiger partial charge on any atom is -0.449 e. The summed E-state index contributed by atoms with van der Waals surface area (Å²) in [5, 5.41) is 11.3. The van der Waals surface area contributed by atoms with Crippen molar-refractivity contribution in [3.63, 3.8) is 0 Å². The lowest BCUT2D eigenvalue weighted by Crippen LogP contribution is -2.31. The Kier molecular flexibility index (Phi) is 5.57. The van der Waals surface area contributed by atoms with E-state index in [1.807, 2.05) is 6.92 Å². The van der Waals surface area contributed by atoms with Crippen LogP contribution in [0.3, 0.4) is 0 Å². The number of carbonyl (C=O) groups is 3. The number of rotatable bonds is 7. The number of imide groups is 1. The summed E-state index contributed by atoms with van der Waals surface area (Å²) in [6, 6.07) is 6.75. The lowest BCUT2D eigenvalue weighted by molar-refractivity contribution is 0.0656. The van der Waals surface area contributed by atoms with Crippen LogP contribution in [0.4, 0.5) is 9.93 Å². The number of fused-ring (bicyclic) bond motifs is 1. The summed E-state index contributed by atoms with van der Waals surface area (Å²) in [5.74, 6) is -0.596. The zero-order valence-electron chi connectivity index (χ0n) is 14.2. The molecule has 0 radical (unpaired) electrons. The number of anilines is 1. The Balaban J connectivity index is 1.53. The molecule has 3 amide bonds. The fraction of sp³-hybridized carbons (Fsp3) is 0.353. The van der Waals surface area contributed by atoms with Gasteiger partial charge in [-0.25, -0.2) is 4.79 Å². The Morgan fingerprint density at radius 1 is 1.19 bits per heavy atom. The normalized spacial score (nSPS) is 13.0. The van der Waals surface area contributed by atoms with Gasteiger partial charge >= 0.3 is 6.09 Å². The molecule has 2 aromatic rings. The largest absolute Gasteiger partial charge is 0.449 e. The zero-order valence-corrected chi connectivity index (χ0v) is 15.0. The van der Waals surface area contributed by atoms with Crippen molar-refractivity contribution in [3.8, 4) is 0 Å². The van der Waals surface area contributed by atoms with Crippen LogP contribution in [0.5, 0.6) is 0 Å². The van der Waals surface area contributed by atoms with Crippen molar-refractivity contribution in [1.29, 1.82) is 0 Å². The number of nitrogens with zero attached hydrogens (tertiary/aromatic N) is 3. The molecule has 0 saturated carbocycles. The third kappa shape index (κ3) is 3.88. The van der Waals surface area contributed by atoms with E-state index in [0.29, 0.717) is 34.3 Å². The second-order valence-corrected chi connectivity index (χ2v) is 6.74. The highest BCUT2D eigenvalue weighted by Gasteiger charge is 2.34. The molecule has 1 aromatic carbocycles. The molecule has 136 valence electrons. The minimum absolute atomic E-state index is 0.210. The molecule has 0 fully saturated rings. The van der Waals surface area contributed by atoms with Gasteiger partial charge in [0.15, 0.2) is 0 Å². The SMILES string of the molecule is CCCCOC(=O)Nc1nnc(CCN2C(=O)c3ccccc3C2=O)s1. The quantitative estimate of drug-likeness (QED) is 0.591. The summed E-state index contributed by atoms with van der Waals surface area (Å²) in [6.07, 6.45) is 1.54. The van der Waals surface area contributed by atoms with Crippen molar-refractivity contribution in [1.82, 2.24) is 15.1 Å². The fourth-order valence-corrected chi connectivity index (χ4v) is 3.20. The van der Waals surface area contributed by atoms with Crippen LogP contribution in [0.2, 0.25) is 0 Å². The number of hydrogen-bond donors (Lipinski definition) is 1. The molecule has 2 heterocycles. The number of carbonyl (C=O) groups excluding carboxylic acids is 3. The Bertz CT molecular complexity index is 801. The van der Waals surface area contributed by atoms with Gasteiger partial charge in [-0.15, -0.1) is 10.2 Å². The third-order valence-electron chi connectivity index (χ3n) is 3.83. The van der Waals surface area contributed by atoms with Crippen LogP contribution < -0.4 is 5.32 Å². The molecule has 9 heteroatoms. The number of ether oxygens (including phenoxy) is 1. The second-order valence-electron chi connectivity index (χ2n) is 5.67. The summed E-state index contributed by atoms with van der Waals surface area (Å²) in [7, 11) is 0. The van der Waals surface area contributed by atoms with Gasteiger partial charge in [0, 0.05) is 13.0 Å². The van der Waals surface area contributed by atoms with Crippen molar-refractivity contribution in [2.75, 3.05) is 18.5 Å². The molecular formula is C17H18N4O4S. The number of unbranched alkanes of at least 4 members (excludes halogenated alkanes) is 1. The van der Waals surface area contributed by atoms with Crippen molar-refractivity contribution >= 4 is 34.4 Å². The molecule has 1 aliphatic heterocycles. The molecule has 0 unspecified atom stereocenters. The summed E-state index contributed by atoms with van der Waals surface area (Å²) in [4.78, 5) is 37.4. The van der Waals surface area contributed by atoms with Crippen LogP contribution in [0.15, 0.2) is 24.3 Å². The second kappa shape index (κ2) is 8.05. The molecule has 26 heavy (non-hydrogen) atoms. The van der Waals surface area contributed by atoms with Crippen molar-refractivity contribution in [2.45, 2.75) is 26.2 Å². The third-order valence-corrected chi connectivity index (χ3v) is 4.73. The Morgan fingerprint density at radius 3 is 2.54 bits per heavy atom. The summed E-state index contributed by atoms with van der Waals surface area (Å²) in [5.41, 5.74) is 0.846. The van der Waals surface area contributed by atoms with Gasteiger partial charge in [-0.05, 0) is 18.6 Å². The van der Waals surface area contributed by atoms with E-state index in [2.05, 4.69) is 15.5 Å². The zero-order chi connectivity index (χ0) is 18.5. The average molecular weight is 374 g/mol. The molecule has 1 N–H and O–H groups in total. The maximum atomic E-state index is 12.3. The molecule has 1 aliphatic rings. The van der Waals surface area contributed by atoms with Crippen LogP contribution in [0, 0.1) is 0 Å². The topological polar surface area (TPSA) is 101 Å². The number of hydrogen-bond acceptors (Lipinski definition) is 7. The van der Waals surface area contributed by atoms with Gasteiger partial charge in [0.1, 0.15) is 5.01 Å². The van der Waals surface area contributed by atoms with E-state index in [4.69, 9.17) is 4.74 Å². The molecule has 8 nitrogen and oxygen atoms in total. The molecule has 0 atom stereocenters. The van der Waals surface area contributed by atoms with Crippen molar-refractivity contribution < 1.29 is 19.1 Å².